The molecule has 0 bridgehead atoms. The predicted octanol–water partition coefficient (Wildman–Crippen LogP) is 2.19. The molecule has 1 aromatic heterocycles. The molecular formula is C13H10F2N2O2. The summed E-state index contributed by atoms with van der Waals surface area (Å²) < 4.78 is 30.6. The summed E-state index contributed by atoms with van der Waals surface area (Å²) in [6.45, 7) is 0. The Balaban J connectivity index is 2.13. The van der Waals surface area contributed by atoms with Gasteiger partial charge in [-0.3, -0.25) is 4.79 Å². The largest absolute Gasteiger partial charge is 0.480 e. The molecule has 1 heterocycles. The number of nitrogens with zero attached hydrogens (tertiary/aromatic N) is 2. The van der Waals surface area contributed by atoms with Gasteiger partial charge in [0.2, 0.25) is 5.88 Å². The van der Waals surface area contributed by atoms with Crippen LogP contribution >= 0.6 is 0 Å². The van der Waals surface area contributed by atoms with Crippen LogP contribution in [-0.4, -0.2) is 23.1 Å². The number of hydrogen-bond donors (Lipinski definition) is 0. The fourth-order valence-corrected chi connectivity index (χ4v) is 1.49. The van der Waals surface area contributed by atoms with Gasteiger partial charge >= 0.3 is 0 Å². The molecule has 0 unspecified atom stereocenters. The van der Waals surface area contributed by atoms with E-state index in [9.17, 15) is 13.6 Å². The molecule has 0 aliphatic rings. The average molecular weight is 264 g/mol. The third kappa shape index (κ3) is 3.09. The van der Waals surface area contributed by atoms with Crippen molar-refractivity contribution >= 4 is 5.78 Å². The Morgan fingerprint density at radius 3 is 2.53 bits per heavy atom. The molecule has 0 fully saturated rings. The quantitative estimate of drug-likeness (QED) is 0.794. The second-order valence-corrected chi connectivity index (χ2v) is 3.80. The maximum absolute atomic E-state index is 13.0. The van der Waals surface area contributed by atoms with Crippen molar-refractivity contribution in [1.29, 1.82) is 0 Å². The summed E-state index contributed by atoms with van der Waals surface area (Å²) in [7, 11) is 1.45. The Morgan fingerprint density at radius 2 is 1.95 bits per heavy atom. The van der Waals surface area contributed by atoms with Gasteiger partial charge in [-0.25, -0.2) is 8.78 Å². The summed E-state index contributed by atoms with van der Waals surface area (Å²) >= 11 is 0. The number of rotatable bonds is 4. The molecular weight excluding hydrogens is 254 g/mol. The number of halogens is 2. The van der Waals surface area contributed by atoms with Crippen LogP contribution in [0.5, 0.6) is 5.88 Å². The Labute approximate surface area is 108 Å². The fourth-order valence-electron chi connectivity index (χ4n) is 1.49. The van der Waals surface area contributed by atoms with Crippen molar-refractivity contribution in [3.63, 3.8) is 0 Å². The van der Waals surface area contributed by atoms with E-state index in [-0.39, 0.29) is 17.8 Å². The number of methoxy groups -OCH3 is 1. The van der Waals surface area contributed by atoms with Crippen LogP contribution in [-0.2, 0) is 6.42 Å². The number of hydrogen-bond acceptors (Lipinski definition) is 4. The van der Waals surface area contributed by atoms with Crippen molar-refractivity contribution in [3.05, 3.63) is 53.2 Å². The molecule has 0 spiro atoms. The lowest BCUT2D eigenvalue weighted by Gasteiger charge is -2.02. The zero-order valence-electron chi connectivity index (χ0n) is 10.1. The van der Waals surface area contributed by atoms with E-state index in [0.717, 1.165) is 12.1 Å². The highest BCUT2D eigenvalue weighted by Crippen LogP contribution is 2.12. The highest BCUT2D eigenvalue weighted by Gasteiger charge is 2.11. The van der Waals surface area contributed by atoms with Gasteiger partial charge in [-0.2, -0.15) is 5.10 Å². The maximum Gasteiger partial charge on any atom is 0.233 e. The summed E-state index contributed by atoms with van der Waals surface area (Å²) in [4.78, 5) is 11.8. The standard InChI is InChI=1S/C13H10F2N2O2/c1-19-13-5-3-9(16-17-13)7-12(18)8-2-4-10(14)11(15)6-8/h2-6H,7H2,1H3. The SMILES string of the molecule is COc1ccc(CC(=O)c2ccc(F)c(F)c2)nn1. The molecule has 19 heavy (non-hydrogen) atoms. The molecule has 0 aliphatic heterocycles. The van der Waals surface area contributed by atoms with Gasteiger partial charge in [-0.1, -0.05) is 0 Å². The minimum Gasteiger partial charge on any atom is -0.480 e. The molecule has 0 radical (unpaired) electrons. The zero-order valence-corrected chi connectivity index (χ0v) is 10.1. The van der Waals surface area contributed by atoms with E-state index in [2.05, 4.69) is 10.2 Å². The minimum atomic E-state index is -1.05. The average Bonchev–Trinajstić information content (AvgIpc) is 2.42. The van der Waals surface area contributed by atoms with Gasteiger partial charge in [0, 0.05) is 11.6 Å². The monoisotopic (exact) mass is 264 g/mol. The first-order chi connectivity index (χ1) is 9.10. The van der Waals surface area contributed by atoms with Crippen LogP contribution in [0.2, 0.25) is 0 Å². The van der Waals surface area contributed by atoms with E-state index in [0.29, 0.717) is 11.6 Å². The maximum atomic E-state index is 13.0. The summed E-state index contributed by atoms with van der Waals surface area (Å²) in [5.74, 6) is -2.06. The van der Waals surface area contributed by atoms with Crippen molar-refractivity contribution in [2.45, 2.75) is 6.42 Å². The number of aromatic nitrogens is 2. The smallest absolute Gasteiger partial charge is 0.233 e. The van der Waals surface area contributed by atoms with Crippen molar-refractivity contribution in [3.8, 4) is 5.88 Å². The lowest BCUT2D eigenvalue weighted by Crippen LogP contribution is -2.07. The van der Waals surface area contributed by atoms with E-state index in [1.54, 1.807) is 12.1 Å². The first-order valence-electron chi connectivity index (χ1n) is 5.45. The van der Waals surface area contributed by atoms with Crippen molar-refractivity contribution in [2.24, 2.45) is 0 Å². The lowest BCUT2D eigenvalue weighted by molar-refractivity contribution is 0.0991. The Bertz CT molecular complexity index is 600. The van der Waals surface area contributed by atoms with E-state index >= 15 is 0 Å². The van der Waals surface area contributed by atoms with E-state index < -0.39 is 11.6 Å². The molecule has 4 nitrogen and oxygen atoms in total. The second kappa shape index (κ2) is 5.51. The van der Waals surface area contributed by atoms with Gasteiger partial charge in [-0.15, -0.1) is 5.10 Å². The number of ketones is 1. The van der Waals surface area contributed by atoms with Crippen LogP contribution < -0.4 is 4.74 Å². The van der Waals surface area contributed by atoms with Crippen LogP contribution in [0.15, 0.2) is 30.3 Å². The zero-order chi connectivity index (χ0) is 13.8. The Morgan fingerprint density at radius 1 is 1.16 bits per heavy atom. The normalized spacial score (nSPS) is 10.3. The fraction of sp³-hybridized carbons (Fsp3) is 0.154. The number of benzene rings is 1. The van der Waals surface area contributed by atoms with Gasteiger partial charge < -0.3 is 4.74 Å². The Kier molecular flexibility index (Phi) is 3.79. The van der Waals surface area contributed by atoms with Gasteiger partial charge in [0.1, 0.15) is 0 Å². The first kappa shape index (κ1) is 13.1. The van der Waals surface area contributed by atoms with Gasteiger partial charge in [0.25, 0.3) is 0 Å². The van der Waals surface area contributed by atoms with Crippen LogP contribution in [0, 0.1) is 11.6 Å². The molecule has 0 aliphatic carbocycles. The van der Waals surface area contributed by atoms with E-state index in [1.807, 2.05) is 0 Å². The summed E-state index contributed by atoms with van der Waals surface area (Å²) in [6.07, 6.45) is -0.0396. The Hall–Kier alpha value is -2.37. The molecule has 2 aromatic rings. The molecule has 6 heteroatoms. The molecule has 0 N–H and O–H groups in total. The molecule has 2 rings (SSSR count). The van der Waals surface area contributed by atoms with Crippen LogP contribution in [0.3, 0.4) is 0 Å². The molecule has 0 amide bonds. The van der Waals surface area contributed by atoms with Crippen LogP contribution in [0.25, 0.3) is 0 Å². The molecule has 0 saturated carbocycles. The van der Waals surface area contributed by atoms with Crippen molar-refractivity contribution < 1.29 is 18.3 Å². The summed E-state index contributed by atoms with van der Waals surface area (Å²) in [5, 5.41) is 7.51. The van der Waals surface area contributed by atoms with Gasteiger partial charge in [-0.05, 0) is 24.3 Å². The molecule has 98 valence electrons. The summed E-state index contributed by atoms with van der Waals surface area (Å²) in [6, 6.07) is 6.18. The van der Waals surface area contributed by atoms with Crippen LogP contribution in [0.4, 0.5) is 8.78 Å². The van der Waals surface area contributed by atoms with Gasteiger partial charge in [0.05, 0.1) is 19.2 Å². The molecule has 0 saturated heterocycles. The second-order valence-electron chi connectivity index (χ2n) is 3.80. The number of carbonyl (C=O) groups excluding carboxylic acids is 1. The minimum absolute atomic E-state index is 0.0396. The highest BCUT2D eigenvalue weighted by molar-refractivity contribution is 5.97. The lowest BCUT2D eigenvalue weighted by atomic mass is 10.1. The third-order valence-electron chi connectivity index (χ3n) is 2.49. The van der Waals surface area contributed by atoms with Crippen LogP contribution in [0.1, 0.15) is 16.1 Å². The van der Waals surface area contributed by atoms with Crippen molar-refractivity contribution in [2.75, 3.05) is 7.11 Å². The third-order valence-corrected chi connectivity index (χ3v) is 2.49. The predicted molar refractivity (Wildman–Crippen MR) is 63.0 cm³/mol. The number of ether oxygens (including phenoxy) is 1. The highest BCUT2D eigenvalue weighted by atomic mass is 19.2. The molecule has 0 atom stereocenters. The number of Topliss-reactive ketones (excluding diaryl/α,β-unsaturated/α-hetero) is 1. The summed E-state index contributed by atoms with van der Waals surface area (Å²) in [5.41, 5.74) is 0.520. The van der Waals surface area contributed by atoms with Gasteiger partial charge in [0.15, 0.2) is 17.4 Å². The van der Waals surface area contributed by atoms with E-state index in [4.69, 9.17) is 4.74 Å². The molecule has 1 aromatic carbocycles. The topological polar surface area (TPSA) is 52.1 Å². The number of carbonyl (C=O) groups is 1. The first-order valence-corrected chi connectivity index (χ1v) is 5.45. The van der Waals surface area contributed by atoms with Crippen molar-refractivity contribution in [1.82, 2.24) is 10.2 Å². The van der Waals surface area contributed by atoms with E-state index in [1.165, 1.54) is 13.2 Å².